The molecular weight excluding hydrogens is 264 g/mol. The van der Waals surface area contributed by atoms with Crippen LogP contribution in [-0.4, -0.2) is 35.6 Å². The Labute approximate surface area is 115 Å². The maximum Gasteiger partial charge on any atom is 0.332 e. The van der Waals surface area contributed by atoms with Gasteiger partial charge in [0, 0.05) is 0 Å². The minimum absolute atomic E-state index is 0.0842. The van der Waals surface area contributed by atoms with Crippen LogP contribution in [-0.2, 0) is 19.1 Å². The topological polar surface area (TPSA) is 119 Å². The fourth-order valence-corrected chi connectivity index (χ4v) is 1.50. The van der Waals surface area contributed by atoms with Gasteiger partial charge in [-0.2, -0.15) is 0 Å². The second-order valence-electron chi connectivity index (χ2n) is 3.92. The highest BCUT2D eigenvalue weighted by Gasteiger charge is 2.29. The number of hydrogen-bond acceptors (Lipinski definition) is 5. The van der Waals surface area contributed by atoms with E-state index in [4.69, 9.17) is 10.8 Å². The minimum Gasteiger partial charge on any atom is -0.479 e. The molecule has 2 unspecified atom stereocenters. The number of carboxylic acid groups (broad SMARTS) is 1. The van der Waals surface area contributed by atoms with Crippen molar-refractivity contribution < 1.29 is 24.2 Å². The Morgan fingerprint density at radius 2 is 1.90 bits per heavy atom. The summed E-state index contributed by atoms with van der Waals surface area (Å²) in [4.78, 5) is 34.2. The molecule has 1 aromatic rings. The van der Waals surface area contributed by atoms with Gasteiger partial charge in [-0.05, 0) is 12.5 Å². The number of nitrogens with one attached hydrogen (secondary N) is 1. The van der Waals surface area contributed by atoms with Crippen LogP contribution in [0.15, 0.2) is 30.3 Å². The molecule has 1 aromatic carbocycles. The molecule has 0 aliphatic carbocycles. The van der Waals surface area contributed by atoms with E-state index in [0.29, 0.717) is 5.56 Å². The largest absolute Gasteiger partial charge is 0.479 e. The molecule has 0 aliphatic rings. The molecule has 0 heterocycles. The van der Waals surface area contributed by atoms with Gasteiger partial charge in [0.15, 0.2) is 12.1 Å². The smallest absolute Gasteiger partial charge is 0.332 e. The quantitative estimate of drug-likeness (QED) is 0.491. The van der Waals surface area contributed by atoms with Gasteiger partial charge in [0.2, 0.25) is 5.91 Å². The maximum absolute atomic E-state index is 11.7. The molecule has 108 valence electrons. The Morgan fingerprint density at radius 3 is 2.40 bits per heavy atom. The third-order valence-electron chi connectivity index (χ3n) is 2.49. The maximum atomic E-state index is 11.7. The van der Waals surface area contributed by atoms with Crippen molar-refractivity contribution in [3.63, 3.8) is 0 Å². The number of ether oxygens (including phenoxy) is 1. The first kappa shape index (κ1) is 15.6. The Bertz CT molecular complexity index is 489. The van der Waals surface area contributed by atoms with Crippen LogP contribution in [0.25, 0.3) is 0 Å². The number of carboxylic acids is 1. The average molecular weight is 280 g/mol. The zero-order valence-electron chi connectivity index (χ0n) is 10.9. The normalized spacial score (nSPS) is 13.1. The van der Waals surface area contributed by atoms with Gasteiger partial charge in [0.05, 0.1) is 6.61 Å². The summed E-state index contributed by atoms with van der Waals surface area (Å²) in [6.45, 7) is 1.66. The van der Waals surface area contributed by atoms with Crippen molar-refractivity contribution in [2.24, 2.45) is 5.73 Å². The summed E-state index contributed by atoms with van der Waals surface area (Å²) in [5.41, 5.74) is 5.77. The summed E-state index contributed by atoms with van der Waals surface area (Å²) in [6, 6.07) is 5.27. The van der Waals surface area contributed by atoms with Crippen molar-refractivity contribution >= 4 is 17.8 Å². The minimum atomic E-state index is -1.56. The molecule has 0 saturated heterocycles. The SMILES string of the molecule is CCOC(=O)C(N)C(=O)NC(C(=O)O)c1ccccc1. The van der Waals surface area contributed by atoms with Crippen molar-refractivity contribution in [1.82, 2.24) is 5.32 Å². The third kappa shape index (κ3) is 4.06. The first-order valence-electron chi connectivity index (χ1n) is 5.97. The number of rotatable bonds is 6. The highest BCUT2D eigenvalue weighted by Crippen LogP contribution is 2.12. The van der Waals surface area contributed by atoms with Gasteiger partial charge in [-0.15, -0.1) is 0 Å². The van der Waals surface area contributed by atoms with E-state index >= 15 is 0 Å². The lowest BCUT2D eigenvalue weighted by Crippen LogP contribution is -2.49. The second-order valence-corrected chi connectivity index (χ2v) is 3.92. The Balaban J connectivity index is 2.79. The van der Waals surface area contributed by atoms with Crippen molar-refractivity contribution in [1.29, 1.82) is 0 Å². The Morgan fingerprint density at radius 1 is 1.30 bits per heavy atom. The highest BCUT2D eigenvalue weighted by atomic mass is 16.5. The van der Waals surface area contributed by atoms with Crippen LogP contribution in [0.2, 0.25) is 0 Å². The first-order chi connectivity index (χ1) is 9.47. The third-order valence-corrected chi connectivity index (χ3v) is 2.49. The van der Waals surface area contributed by atoms with E-state index in [1.165, 1.54) is 0 Å². The molecule has 1 rings (SSSR count). The number of carbonyl (C=O) groups excluding carboxylic acids is 2. The lowest BCUT2D eigenvalue weighted by molar-refractivity contribution is -0.150. The molecule has 0 fully saturated rings. The van der Waals surface area contributed by atoms with Crippen LogP contribution >= 0.6 is 0 Å². The van der Waals surface area contributed by atoms with E-state index in [2.05, 4.69) is 10.1 Å². The average Bonchev–Trinajstić information content (AvgIpc) is 2.44. The molecule has 1 amide bonds. The van der Waals surface area contributed by atoms with Crippen LogP contribution in [0.5, 0.6) is 0 Å². The van der Waals surface area contributed by atoms with Crippen LogP contribution in [0, 0.1) is 0 Å². The molecule has 4 N–H and O–H groups in total. The van der Waals surface area contributed by atoms with Gasteiger partial charge in [0.1, 0.15) is 0 Å². The summed E-state index contributed by atoms with van der Waals surface area (Å²) in [6.07, 6.45) is 0. The van der Waals surface area contributed by atoms with Gasteiger partial charge in [-0.3, -0.25) is 4.79 Å². The van der Waals surface area contributed by atoms with E-state index in [1.807, 2.05) is 0 Å². The number of hydrogen-bond donors (Lipinski definition) is 3. The molecular formula is C13H16N2O5. The van der Waals surface area contributed by atoms with Crippen molar-refractivity contribution in [2.45, 2.75) is 19.0 Å². The van der Waals surface area contributed by atoms with Gasteiger partial charge in [-0.1, -0.05) is 30.3 Å². The monoisotopic (exact) mass is 280 g/mol. The number of nitrogens with two attached hydrogens (primary N) is 1. The predicted molar refractivity (Wildman–Crippen MR) is 69.6 cm³/mol. The van der Waals surface area contributed by atoms with Gasteiger partial charge in [-0.25, -0.2) is 9.59 Å². The number of amides is 1. The van der Waals surface area contributed by atoms with Gasteiger partial charge >= 0.3 is 11.9 Å². The molecule has 0 aliphatic heterocycles. The molecule has 0 saturated carbocycles. The lowest BCUT2D eigenvalue weighted by Gasteiger charge is -2.17. The first-order valence-corrected chi connectivity index (χ1v) is 5.97. The summed E-state index contributed by atoms with van der Waals surface area (Å²) >= 11 is 0. The second kappa shape index (κ2) is 7.25. The number of carbonyl (C=O) groups is 3. The molecule has 0 radical (unpaired) electrons. The molecule has 2 atom stereocenters. The van der Waals surface area contributed by atoms with E-state index < -0.39 is 29.9 Å². The highest BCUT2D eigenvalue weighted by molar-refractivity contribution is 6.02. The molecule has 7 heteroatoms. The summed E-state index contributed by atoms with van der Waals surface area (Å²) < 4.78 is 4.60. The van der Waals surface area contributed by atoms with Crippen LogP contribution < -0.4 is 11.1 Å². The van der Waals surface area contributed by atoms with E-state index in [-0.39, 0.29) is 6.61 Å². The Kier molecular flexibility index (Phi) is 5.67. The summed E-state index contributed by atoms with van der Waals surface area (Å²) in [5, 5.41) is 11.3. The molecule has 7 nitrogen and oxygen atoms in total. The van der Waals surface area contributed by atoms with E-state index in [1.54, 1.807) is 37.3 Å². The fourth-order valence-electron chi connectivity index (χ4n) is 1.50. The Hall–Kier alpha value is -2.41. The van der Waals surface area contributed by atoms with Crippen LogP contribution in [0.1, 0.15) is 18.5 Å². The molecule has 20 heavy (non-hydrogen) atoms. The standard InChI is InChI=1S/C13H16N2O5/c1-2-20-13(19)9(14)11(16)15-10(12(17)18)8-6-4-3-5-7-8/h3-7,9-10H,2,14H2,1H3,(H,15,16)(H,17,18). The zero-order valence-corrected chi connectivity index (χ0v) is 10.9. The lowest BCUT2D eigenvalue weighted by atomic mass is 10.1. The molecule has 0 bridgehead atoms. The zero-order chi connectivity index (χ0) is 15.1. The molecule has 0 aromatic heterocycles. The van der Waals surface area contributed by atoms with Gasteiger partial charge in [0.25, 0.3) is 0 Å². The van der Waals surface area contributed by atoms with Crippen LogP contribution in [0.3, 0.4) is 0 Å². The summed E-state index contributed by atoms with van der Waals surface area (Å²) in [7, 11) is 0. The summed E-state index contributed by atoms with van der Waals surface area (Å²) in [5.74, 6) is -3.05. The van der Waals surface area contributed by atoms with E-state index in [9.17, 15) is 14.4 Å². The number of benzene rings is 1. The van der Waals surface area contributed by atoms with Crippen LogP contribution in [0.4, 0.5) is 0 Å². The number of aliphatic carboxylic acids is 1. The number of esters is 1. The van der Waals surface area contributed by atoms with Crippen molar-refractivity contribution in [3.8, 4) is 0 Å². The predicted octanol–water partition coefficient (Wildman–Crippen LogP) is -0.181. The van der Waals surface area contributed by atoms with Gasteiger partial charge < -0.3 is 20.9 Å². The van der Waals surface area contributed by atoms with Crippen molar-refractivity contribution in [2.75, 3.05) is 6.61 Å². The van der Waals surface area contributed by atoms with E-state index in [0.717, 1.165) is 0 Å². The fraction of sp³-hybridized carbons (Fsp3) is 0.308. The molecule has 0 spiro atoms. The van der Waals surface area contributed by atoms with Crippen molar-refractivity contribution in [3.05, 3.63) is 35.9 Å².